The van der Waals surface area contributed by atoms with E-state index in [1.54, 1.807) is 42.5 Å². The number of fused-ring (bicyclic) bond motifs is 2. The monoisotopic (exact) mass is 591 g/mol. The van der Waals surface area contributed by atoms with Gasteiger partial charge in [-0.15, -0.1) is 0 Å². The maximum absolute atomic E-state index is 14.7. The van der Waals surface area contributed by atoms with Crippen molar-refractivity contribution >= 4 is 40.7 Å². The summed E-state index contributed by atoms with van der Waals surface area (Å²) in [5.74, 6) is -1.39. The number of nitrogens with one attached hydrogen (secondary N) is 2. The van der Waals surface area contributed by atoms with Crippen LogP contribution < -0.4 is 15.4 Å². The molecule has 2 aliphatic heterocycles. The van der Waals surface area contributed by atoms with Crippen LogP contribution in [-0.2, 0) is 15.0 Å². The number of rotatable bonds is 5. The Kier molecular flexibility index (Phi) is 6.96. The van der Waals surface area contributed by atoms with Crippen molar-refractivity contribution in [1.29, 1.82) is 5.26 Å². The van der Waals surface area contributed by atoms with Crippen molar-refractivity contribution in [2.75, 3.05) is 11.9 Å². The van der Waals surface area contributed by atoms with Crippen LogP contribution >= 0.6 is 23.2 Å². The summed E-state index contributed by atoms with van der Waals surface area (Å²) in [6.07, 6.45) is 3.38. The molecule has 2 N–H and O–H groups in total. The zero-order valence-corrected chi connectivity index (χ0v) is 23.9. The van der Waals surface area contributed by atoms with Gasteiger partial charge in [0, 0.05) is 33.6 Å². The molecule has 6 rings (SSSR count). The van der Waals surface area contributed by atoms with Gasteiger partial charge in [-0.1, -0.05) is 48.2 Å². The summed E-state index contributed by atoms with van der Waals surface area (Å²) in [6, 6.07) is 16.2. The smallest absolute Gasteiger partial charge is 0.238 e. The van der Waals surface area contributed by atoms with Crippen molar-refractivity contribution in [1.82, 2.24) is 5.32 Å². The largest absolute Gasteiger partial charge is 0.492 e. The van der Waals surface area contributed by atoms with Crippen LogP contribution in [0.1, 0.15) is 66.3 Å². The van der Waals surface area contributed by atoms with Crippen LogP contribution in [0.5, 0.6) is 5.75 Å². The molecule has 1 saturated carbocycles. The lowest BCUT2D eigenvalue weighted by Gasteiger charge is -2.47. The Hall–Kier alpha value is -3.60. The van der Waals surface area contributed by atoms with Crippen LogP contribution in [-0.4, -0.2) is 18.4 Å². The first-order chi connectivity index (χ1) is 19.7. The third kappa shape index (κ3) is 4.54. The molecule has 3 aromatic rings. The molecular weight excluding hydrogens is 564 g/mol. The number of ether oxygens (including phenoxy) is 1. The van der Waals surface area contributed by atoms with Crippen LogP contribution in [0.2, 0.25) is 10.0 Å². The molecule has 3 atom stereocenters. The minimum Gasteiger partial charge on any atom is -0.492 e. The summed E-state index contributed by atoms with van der Waals surface area (Å²) in [7, 11) is 0. The number of carbonyl (C=O) groups excluding carboxylic acids is 2. The molecule has 0 aromatic heterocycles. The Morgan fingerprint density at radius 2 is 1.76 bits per heavy atom. The molecule has 0 unspecified atom stereocenters. The molecule has 3 aliphatic rings. The second-order valence-corrected chi connectivity index (χ2v) is 12.2. The standard InChI is InChI=1S/C32H28Cl2FN3O3/c1-18-4-7-21(35)14-22(18)29-32(24-8-5-20(34)13-26(24)37-30(32)40)25(15-28(39)38-29)23-12-19(33)6-9-27(23)41-17-31(16-36)10-2-3-11-31/h4-9,12-14,25,29H,2-3,10-11,15,17H2,1H3,(H,37,40)(H,38,39)/t25-,29+,32-/m1/s1. The highest BCUT2D eigenvalue weighted by Gasteiger charge is 2.62. The van der Waals surface area contributed by atoms with Gasteiger partial charge in [0.15, 0.2) is 0 Å². The van der Waals surface area contributed by atoms with E-state index < -0.39 is 28.6 Å². The molecule has 1 aliphatic carbocycles. The maximum Gasteiger partial charge on any atom is 0.238 e. The van der Waals surface area contributed by atoms with Crippen molar-refractivity contribution in [2.24, 2.45) is 5.41 Å². The summed E-state index contributed by atoms with van der Waals surface area (Å²) in [5, 5.41) is 16.8. The maximum atomic E-state index is 14.7. The number of carbonyl (C=O) groups is 2. The fourth-order valence-corrected chi connectivity index (χ4v) is 7.27. The molecule has 1 spiro atoms. The van der Waals surface area contributed by atoms with E-state index in [0.29, 0.717) is 38.2 Å². The number of nitriles is 1. The van der Waals surface area contributed by atoms with Gasteiger partial charge in [0.2, 0.25) is 11.8 Å². The summed E-state index contributed by atoms with van der Waals surface area (Å²) in [5.41, 5.74) is 1.01. The topological polar surface area (TPSA) is 91.2 Å². The molecule has 0 bridgehead atoms. The van der Waals surface area contributed by atoms with Crippen LogP contribution in [0.25, 0.3) is 0 Å². The van der Waals surface area contributed by atoms with E-state index in [0.717, 1.165) is 31.2 Å². The minimum absolute atomic E-state index is 0.0412. The van der Waals surface area contributed by atoms with Gasteiger partial charge in [-0.2, -0.15) is 5.26 Å². The third-order valence-corrected chi connectivity index (χ3v) is 9.42. The highest BCUT2D eigenvalue weighted by Crippen LogP contribution is 2.59. The van der Waals surface area contributed by atoms with Crippen molar-refractivity contribution in [2.45, 2.75) is 56.4 Å². The summed E-state index contributed by atoms with van der Waals surface area (Å²) in [4.78, 5) is 27.8. The van der Waals surface area contributed by atoms with Gasteiger partial charge in [0.25, 0.3) is 0 Å². The van der Waals surface area contributed by atoms with Gasteiger partial charge < -0.3 is 15.4 Å². The fourth-order valence-electron chi connectivity index (χ4n) is 6.92. The molecule has 2 heterocycles. The highest BCUT2D eigenvalue weighted by molar-refractivity contribution is 6.31. The Morgan fingerprint density at radius 3 is 2.51 bits per heavy atom. The predicted octanol–water partition coefficient (Wildman–Crippen LogP) is 7.14. The first-order valence-corrected chi connectivity index (χ1v) is 14.4. The zero-order valence-electron chi connectivity index (χ0n) is 22.4. The van der Waals surface area contributed by atoms with E-state index in [9.17, 15) is 19.2 Å². The lowest BCUT2D eigenvalue weighted by molar-refractivity contribution is -0.131. The molecular formula is C32H28Cl2FN3O3. The highest BCUT2D eigenvalue weighted by atomic mass is 35.5. The number of nitrogens with zero attached hydrogens (tertiary/aromatic N) is 1. The third-order valence-electron chi connectivity index (χ3n) is 8.95. The van der Waals surface area contributed by atoms with Crippen LogP contribution in [0.4, 0.5) is 10.1 Å². The van der Waals surface area contributed by atoms with Crippen molar-refractivity contribution < 1.29 is 18.7 Å². The second-order valence-electron chi connectivity index (χ2n) is 11.3. The van der Waals surface area contributed by atoms with Gasteiger partial charge in [0.05, 0.1) is 17.5 Å². The SMILES string of the molecule is Cc1ccc(F)cc1[C@@H]1NC(=O)C[C@H](c2cc(Cl)ccc2OCC2(C#N)CCCC2)[C@@]12C(=O)Nc1cc(Cl)ccc12. The van der Waals surface area contributed by atoms with Gasteiger partial charge in [-0.05, 0) is 78.9 Å². The van der Waals surface area contributed by atoms with E-state index in [4.69, 9.17) is 27.9 Å². The van der Waals surface area contributed by atoms with E-state index >= 15 is 0 Å². The fraction of sp³-hybridized carbons (Fsp3) is 0.344. The zero-order chi connectivity index (χ0) is 28.9. The first-order valence-electron chi connectivity index (χ1n) is 13.7. The molecule has 0 radical (unpaired) electrons. The number of piperidine rings is 1. The van der Waals surface area contributed by atoms with Gasteiger partial charge in [-0.3, -0.25) is 9.59 Å². The average molecular weight is 592 g/mol. The molecule has 2 fully saturated rings. The van der Waals surface area contributed by atoms with E-state index in [2.05, 4.69) is 16.7 Å². The number of anilines is 1. The van der Waals surface area contributed by atoms with Gasteiger partial charge in [0.1, 0.15) is 23.6 Å². The lowest BCUT2D eigenvalue weighted by Crippen LogP contribution is -2.57. The average Bonchev–Trinajstić information content (AvgIpc) is 3.53. The van der Waals surface area contributed by atoms with Gasteiger partial charge in [-0.25, -0.2) is 4.39 Å². The number of hydrogen-bond acceptors (Lipinski definition) is 4. The molecule has 210 valence electrons. The van der Waals surface area contributed by atoms with Crippen molar-refractivity contribution in [3.8, 4) is 11.8 Å². The quantitative estimate of drug-likeness (QED) is 0.330. The molecule has 6 nitrogen and oxygen atoms in total. The molecule has 41 heavy (non-hydrogen) atoms. The number of aryl methyl sites for hydroxylation is 1. The second kappa shape index (κ2) is 10.3. The van der Waals surface area contributed by atoms with E-state index in [1.807, 2.05) is 6.92 Å². The van der Waals surface area contributed by atoms with Crippen molar-refractivity contribution in [3.63, 3.8) is 0 Å². The number of benzene rings is 3. The first kappa shape index (κ1) is 27.6. The Balaban J connectivity index is 1.56. The molecule has 3 aromatic carbocycles. The number of halogens is 3. The Labute approximate surface area is 247 Å². The Morgan fingerprint density at radius 1 is 1.02 bits per heavy atom. The predicted molar refractivity (Wildman–Crippen MR) is 155 cm³/mol. The number of amides is 2. The molecule has 2 amide bonds. The lowest BCUT2D eigenvalue weighted by atomic mass is 9.59. The van der Waals surface area contributed by atoms with Crippen LogP contribution in [0.15, 0.2) is 54.6 Å². The summed E-state index contributed by atoms with van der Waals surface area (Å²) in [6.45, 7) is 2.01. The normalized spacial score (nSPS) is 24.5. The van der Waals surface area contributed by atoms with E-state index in [-0.39, 0.29) is 24.8 Å². The summed E-state index contributed by atoms with van der Waals surface area (Å²) < 4.78 is 21.0. The molecule has 1 saturated heterocycles. The van der Waals surface area contributed by atoms with Crippen LogP contribution in [0.3, 0.4) is 0 Å². The number of hydrogen-bond donors (Lipinski definition) is 2. The summed E-state index contributed by atoms with van der Waals surface area (Å²) >= 11 is 12.8. The van der Waals surface area contributed by atoms with E-state index in [1.165, 1.54) is 12.1 Å². The van der Waals surface area contributed by atoms with Crippen LogP contribution in [0, 0.1) is 29.5 Å². The van der Waals surface area contributed by atoms with Gasteiger partial charge >= 0.3 is 0 Å². The van der Waals surface area contributed by atoms with Crippen molar-refractivity contribution in [3.05, 3.63) is 92.7 Å². The minimum atomic E-state index is -1.38. The molecule has 9 heteroatoms. The Bertz CT molecular complexity index is 1610.